The zero-order chi connectivity index (χ0) is 15.7. The lowest BCUT2D eigenvalue weighted by atomic mass is 10.1. The van der Waals surface area contributed by atoms with Gasteiger partial charge in [-0.25, -0.2) is 13.1 Å². The van der Waals surface area contributed by atoms with Gasteiger partial charge in [-0.15, -0.1) is 0 Å². The Morgan fingerprint density at radius 1 is 1.18 bits per heavy atom. The molecule has 0 spiro atoms. The number of nitrogens with two attached hydrogens (primary N) is 1. The van der Waals surface area contributed by atoms with Gasteiger partial charge in [-0.2, -0.15) is 0 Å². The van der Waals surface area contributed by atoms with Crippen LogP contribution in [0.4, 0.5) is 0 Å². The van der Waals surface area contributed by atoms with Gasteiger partial charge in [-0.3, -0.25) is 4.79 Å². The number of hydrogen-bond acceptors (Lipinski definition) is 4. The molecule has 2 fully saturated rings. The van der Waals surface area contributed by atoms with Crippen LogP contribution in [0.5, 0.6) is 0 Å². The van der Waals surface area contributed by atoms with Gasteiger partial charge in [0.05, 0.1) is 4.90 Å². The topological polar surface area (TPSA) is 101 Å². The monoisotopic (exact) mass is 323 g/mol. The molecule has 6 nitrogen and oxygen atoms in total. The first-order valence-corrected chi connectivity index (χ1v) is 9.08. The zero-order valence-corrected chi connectivity index (χ0v) is 13.1. The van der Waals surface area contributed by atoms with Crippen molar-refractivity contribution in [3.8, 4) is 0 Å². The van der Waals surface area contributed by atoms with Crippen molar-refractivity contribution in [1.82, 2.24) is 10.0 Å². The standard InChI is InChI=1S/C15H21N3O3S/c16-15(19)14-9-13(14)10-1-3-12(4-2-10)22(20,21)18-11-5-7-17-8-6-11/h1-4,11,13-14,17-18H,5-9H2,(H2,16,19). The Morgan fingerprint density at radius 2 is 1.82 bits per heavy atom. The van der Waals surface area contributed by atoms with E-state index >= 15 is 0 Å². The molecular formula is C15H21N3O3S. The first-order chi connectivity index (χ1) is 10.5. The molecular weight excluding hydrogens is 302 g/mol. The normalized spacial score (nSPS) is 25.8. The van der Waals surface area contributed by atoms with Crippen molar-refractivity contribution < 1.29 is 13.2 Å². The van der Waals surface area contributed by atoms with Gasteiger partial charge in [0.25, 0.3) is 0 Å². The summed E-state index contributed by atoms with van der Waals surface area (Å²) in [7, 11) is -3.48. The molecule has 4 N–H and O–H groups in total. The van der Waals surface area contributed by atoms with Crippen LogP contribution in [0.1, 0.15) is 30.7 Å². The molecule has 3 rings (SSSR count). The van der Waals surface area contributed by atoms with E-state index in [1.165, 1.54) is 0 Å². The molecule has 22 heavy (non-hydrogen) atoms. The quantitative estimate of drug-likeness (QED) is 0.725. The van der Waals surface area contributed by atoms with Gasteiger partial charge in [0.1, 0.15) is 0 Å². The predicted octanol–water partition coefficient (Wildman–Crippen LogP) is 0.306. The lowest BCUT2D eigenvalue weighted by Gasteiger charge is -2.23. The highest BCUT2D eigenvalue weighted by Crippen LogP contribution is 2.47. The summed E-state index contributed by atoms with van der Waals surface area (Å²) in [5, 5.41) is 3.21. The molecule has 1 aliphatic heterocycles. The lowest BCUT2D eigenvalue weighted by molar-refractivity contribution is -0.119. The largest absolute Gasteiger partial charge is 0.369 e. The van der Waals surface area contributed by atoms with Crippen molar-refractivity contribution in [2.24, 2.45) is 11.7 Å². The smallest absolute Gasteiger partial charge is 0.240 e. The second-order valence-electron chi connectivity index (χ2n) is 6.07. The molecule has 1 aliphatic carbocycles. The summed E-state index contributed by atoms with van der Waals surface area (Å²) >= 11 is 0. The highest BCUT2D eigenvalue weighted by atomic mass is 32.2. The number of sulfonamides is 1. The molecule has 1 amide bonds. The van der Waals surface area contributed by atoms with Crippen LogP contribution in [0.3, 0.4) is 0 Å². The summed E-state index contributed by atoms with van der Waals surface area (Å²) in [6, 6.07) is 6.77. The van der Waals surface area contributed by atoms with Crippen molar-refractivity contribution in [2.45, 2.75) is 36.1 Å². The lowest BCUT2D eigenvalue weighted by Crippen LogP contribution is -2.42. The van der Waals surface area contributed by atoms with Crippen molar-refractivity contribution in [3.63, 3.8) is 0 Å². The van der Waals surface area contributed by atoms with E-state index in [1.54, 1.807) is 24.3 Å². The number of nitrogens with one attached hydrogen (secondary N) is 2. The molecule has 120 valence electrons. The predicted molar refractivity (Wildman–Crippen MR) is 82.7 cm³/mol. The second-order valence-corrected chi connectivity index (χ2v) is 7.78. The first-order valence-electron chi connectivity index (χ1n) is 7.60. The van der Waals surface area contributed by atoms with Crippen LogP contribution in [0.25, 0.3) is 0 Å². The number of piperidine rings is 1. The summed E-state index contributed by atoms with van der Waals surface area (Å²) in [5.41, 5.74) is 6.26. The van der Waals surface area contributed by atoms with Crippen molar-refractivity contribution >= 4 is 15.9 Å². The number of rotatable bonds is 5. The van der Waals surface area contributed by atoms with Crippen LogP contribution in [-0.2, 0) is 14.8 Å². The highest BCUT2D eigenvalue weighted by molar-refractivity contribution is 7.89. The van der Waals surface area contributed by atoms with Crippen LogP contribution in [0, 0.1) is 5.92 Å². The maximum Gasteiger partial charge on any atom is 0.240 e. The summed E-state index contributed by atoms with van der Waals surface area (Å²) in [6.45, 7) is 1.67. The summed E-state index contributed by atoms with van der Waals surface area (Å²) < 4.78 is 27.5. The Balaban J connectivity index is 1.68. The Kier molecular flexibility index (Phi) is 4.20. The van der Waals surface area contributed by atoms with Gasteiger partial charge in [0.2, 0.25) is 15.9 Å². The molecule has 1 saturated heterocycles. The van der Waals surface area contributed by atoms with Gasteiger partial charge >= 0.3 is 0 Å². The second kappa shape index (κ2) is 5.98. The fourth-order valence-corrected chi connectivity index (χ4v) is 4.30. The van der Waals surface area contributed by atoms with E-state index in [0.717, 1.165) is 37.9 Å². The Hall–Kier alpha value is -1.44. The van der Waals surface area contributed by atoms with Gasteiger partial charge in [-0.05, 0) is 56.0 Å². The summed E-state index contributed by atoms with van der Waals surface area (Å²) in [6.07, 6.45) is 2.37. The average molecular weight is 323 g/mol. The van der Waals surface area contributed by atoms with E-state index in [9.17, 15) is 13.2 Å². The fraction of sp³-hybridized carbons (Fsp3) is 0.533. The molecule has 1 heterocycles. The Morgan fingerprint density at radius 3 is 2.36 bits per heavy atom. The van der Waals surface area contributed by atoms with E-state index in [-0.39, 0.29) is 28.7 Å². The fourth-order valence-electron chi connectivity index (χ4n) is 3.00. The minimum Gasteiger partial charge on any atom is -0.369 e. The molecule has 1 saturated carbocycles. The van der Waals surface area contributed by atoms with E-state index in [0.29, 0.717) is 0 Å². The van der Waals surface area contributed by atoms with Crippen molar-refractivity contribution in [3.05, 3.63) is 29.8 Å². The minimum absolute atomic E-state index is 0.00593. The third-order valence-corrected chi connectivity index (χ3v) is 5.97. The summed E-state index contributed by atoms with van der Waals surface area (Å²) in [5.74, 6) is -0.240. The molecule has 1 aromatic carbocycles. The number of amides is 1. The maximum atomic E-state index is 12.4. The number of primary amides is 1. The summed E-state index contributed by atoms with van der Waals surface area (Å²) in [4.78, 5) is 11.4. The molecule has 2 aliphatic rings. The first kappa shape index (κ1) is 15.5. The van der Waals surface area contributed by atoms with Crippen LogP contribution in [-0.4, -0.2) is 33.5 Å². The zero-order valence-electron chi connectivity index (χ0n) is 12.3. The van der Waals surface area contributed by atoms with Crippen LogP contribution in [0.15, 0.2) is 29.2 Å². The number of carbonyl (C=O) groups excluding carboxylic acids is 1. The van der Waals surface area contributed by atoms with Gasteiger partial charge in [-0.1, -0.05) is 12.1 Å². The van der Waals surface area contributed by atoms with Crippen molar-refractivity contribution in [1.29, 1.82) is 0 Å². The Bertz CT molecular complexity index is 651. The molecule has 0 bridgehead atoms. The van der Waals surface area contributed by atoms with Crippen LogP contribution in [0.2, 0.25) is 0 Å². The maximum absolute atomic E-state index is 12.4. The van der Waals surface area contributed by atoms with Gasteiger partial charge in [0, 0.05) is 12.0 Å². The van der Waals surface area contributed by atoms with E-state index in [1.807, 2.05) is 0 Å². The van der Waals surface area contributed by atoms with E-state index in [4.69, 9.17) is 5.73 Å². The number of benzene rings is 1. The van der Waals surface area contributed by atoms with Gasteiger partial charge in [0.15, 0.2) is 0 Å². The Labute approximate surface area is 130 Å². The third kappa shape index (κ3) is 3.31. The molecule has 2 unspecified atom stereocenters. The van der Waals surface area contributed by atoms with E-state index < -0.39 is 10.0 Å². The molecule has 1 aromatic rings. The highest BCUT2D eigenvalue weighted by Gasteiger charge is 2.42. The molecule has 2 atom stereocenters. The molecule has 0 aromatic heterocycles. The minimum atomic E-state index is -3.48. The van der Waals surface area contributed by atoms with Gasteiger partial charge < -0.3 is 11.1 Å². The molecule has 7 heteroatoms. The SMILES string of the molecule is NC(=O)C1CC1c1ccc(S(=O)(=O)NC2CCNCC2)cc1. The average Bonchev–Trinajstić information content (AvgIpc) is 3.29. The number of carbonyl (C=O) groups is 1. The third-order valence-electron chi connectivity index (χ3n) is 4.44. The molecule has 0 radical (unpaired) electrons. The van der Waals surface area contributed by atoms with Crippen LogP contribution >= 0.6 is 0 Å². The number of hydrogen-bond donors (Lipinski definition) is 3. The van der Waals surface area contributed by atoms with Crippen LogP contribution < -0.4 is 15.8 Å². The van der Waals surface area contributed by atoms with Crippen molar-refractivity contribution in [2.75, 3.05) is 13.1 Å². The van der Waals surface area contributed by atoms with E-state index in [2.05, 4.69) is 10.0 Å².